The van der Waals surface area contributed by atoms with Gasteiger partial charge in [-0.05, 0) is 54.3 Å². The first-order valence-corrected chi connectivity index (χ1v) is 15.4. The third kappa shape index (κ3) is 5.86. The number of nitrogens with one attached hydrogen (secondary N) is 1. The van der Waals surface area contributed by atoms with Gasteiger partial charge in [-0.25, -0.2) is 13.8 Å². The molecular weight excluding hydrogens is 643 g/mol. The lowest BCUT2D eigenvalue weighted by atomic mass is 10.0. The van der Waals surface area contributed by atoms with Crippen LogP contribution < -0.4 is 29.7 Å². The van der Waals surface area contributed by atoms with Crippen LogP contribution in [-0.2, 0) is 11.4 Å². The normalized spacial score (nSPS) is 14.6. The highest BCUT2D eigenvalue weighted by molar-refractivity contribution is 7.10. The molecule has 13 heteroatoms. The first-order valence-electron chi connectivity index (χ1n) is 13.7. The third-order valence-corrected chi connectivity index (χ3v) is 9.06. The standard InChI is InChI=1S/C33H23F4N3O4S2/c1-17-26(31(41)39-20-7-4-3-5-8-20)29(24-9-6-12-45-24)40-32(42)25(46-33(40)38-17)14-18-10-11-23(43-2)19(13-18)16-44-30-27(36)21(34)15-22(35)28(30)37/h3-15,29H,16H2,1-2H3,(H,39,41)/t29-/m0/s1. The Morgan fingerprint density at radius 1 is 1.02 bits per heavy atom. The SMILES string of the molecule is COc1ccc(C=c2sc3n(c2=O)[C@@H](c2cccs2)C(C(=O)Nc2ccccc2)=C(C)N=3)cc1COc1c(F)c(F)cc(F)c1F. The number of carbonyl (C=O) groups excluding carboxylic acids is 1. The Morgan fingerprint density at radius 3 is 2.43 bits per heavy atom. The highest BCUT2D eigenvalue weighted by atomic mass is 32.1. The number of fused-ring (bicyclic) bond motifs is 1. The highest BCUT2D eigenvalue weighted by Gasteiger charge is 2.33. The molecule has 0 radical (unpaired) electrons. The van der Waals surface area contributed by atoms with Crippen molar-refractivity contribution in [1.29, 1.82) is 0 Å². The minimum absolute atomic E-state index is 0.0950. The Morgan fingerprint density at radius 2 is 1.76 bits per heavy atom. The molecule has 3 heterocycles. The summed E-state index contributed by atoms with van der Waals surface area (Å²) in [5.41, 5.74) is 1.82. The summed E-state index contributed by atoms with van der Waals surface area (Å²) >= 11 is 2.54. The van der Waals surface area contributed by atoms with Crippen LogP contribution in [0.2, 0.25) is 0 Å². The van der Waals surface area contributed by atoms with Gasteiger partial charge in [0, 0.05) is 22.2 Å². The number of benzene rings is 3. The predicted octanol–water partition coefficient (Wildman–Crippen LogP) is 6.08. The molecule has 0 aliphatic carbocycles. The van der Waals surface area contributed by atoms with E-state index in [-0.39, 0.29) is 23.3 Å². The molecule has 5 aromatic rings. The lowest BCUT2D eigenvalue weighted by molar-refractivity contribution is -0.113. The average Bonchev–Trinajstić information content (AvgIpc) is 3.68. The fraction of sp³-hybridized carbons (Fsp3) is 0.121. The monoisotopic (exact) mass is 665 g/mol. The second-order valence-corrected chi connectivity index (χ2v) is 12.1. The number of methoxy groups -OCH3 is 1. The number of hydrogen-bond acceptors (Lipinski definition) is 7. The molecule has 0 unspecified atom stereocenters. The zero-order valence-electron chi connectivity index (χ0n) is 24.1. The Balaban J connectivity index is 1.38. The molecule has 234 valence electrons. The Kier molecular flexibility index (Phi) is 8.61. The van der Waals surface area contributed by atoms with Gasteiger partial charge >= 0.3 is 0 Å². The molecular formula is C33H23F4N3O4S2. The number of ether oxygens (including phenoxy) is 2. The van der Waals surface area contributed by atoms with Crippen molar-refractivity contribution in [2.45, 2.75) is 19.6 Å². The van der Waals surface area contributed by atoms with Crippen molar-refractivity contribution < 1.29 is 31.8 Å². The van der Waals surface area contributed by atoms with Gasteiger partial charge in [-0.3, -0.25) is 14.2 Å². The molecule has 0 saturated heterocycles. The number of thiophene rings is 1. The van der Waals surface area contributed by atoms with Gasteiger partial charge in [-0.1, -0.05) is 41.7 Å². The second kappa shape index (κ2) is 12.8. The number of carbonyl (C=O) groups is 1. The van der Waals surface area contributed by atoms with E-state index in [0.717, 1.165) is 16.2 Å². The quantitative estimate of drug-likeness (QED) is 0.161. The molecule has 0 bridgehead atoms. The maximum absolute atomic E-state index is 14.2. The number of para-hydroxylation sites is 1. The highest BCUT2D eigenvalue weighted by Crippen LogP contribution is 2.33. The smallest absolute Gasteiger partial charge is 0.271 e. The molecule has 46 heavy (non-hydrogen) atoms. The summed E-state index contributed by atoms with van der Waals surface area (Å²) in [6.45, 7) is 1.23. The number of amides is 1. The van der Waals surface area contributed by atoms with Crippen molar-refractivity contribution in [3.8, 4) is 11.5 Å². The van der Waals surface area contributed by atoms with Crippen LogP contribution in [0.1, 0.15) is 29.0 Å². The lowest BCUT2D eigenvalue weighted by Gasteiger charge is -2.24. The number of hydrogen-bond donors (Lipinski definition) is 1. The second-order valence-electron chi connectivity index (χ2n) is 10.1. The molecule has 7 nitrogen and oxygen atoms in total. The van der Waals surface area contributed by atoms with E-state index in [4.69, 9.17) is 9.47 Å². The molecule has 1 aliphatic heterocycles. The molecule has 1 atom stereocenters. The van der Waals surface area contributed by atoms with E-state index in [1.54, 1.807) is 55.5 Å². The van der Waals surface area contributed by atoms with Crippen molar-refractivity contribution in [2.75, 3.05) is 12.4 Å². The maximum atomic E-state index is 14.2. The third-order valence-electron chi connectivity index (χ3n) is 7.16. The van der Waals surface area contributed by atoms with E-state index in [2.05, 4.69) is 10.3 Å². The van der Waals surface area contributed by atoms with Crippen LogP contribution in [0.25, 0.3) is 6.08 Å². The summed E-state index contributed by atoms with van der Waals surface area (Å²) in [7, 11) is 1.37. The predicted molar refractivity (Wildman–Crippen MR) is 167 cm³/mol. The molecule has 3 aromatic carbocycles. The van der Waals surface area contributed by atoms with Crippen LogP contribution >= 0.6 is 22.7 Å². The van der Waals surface area contributed by atoms with Gasteiger partial charge in [-0.2, -0.15) is 8.78 Å². The van der Waals surface area contributed by atoms with Crippen LogP contribution in [0.15, 0.2) is 93.2 Å². The van der Waals surface area contributed by atoms with E-state index in [1.165, 1.54) is 23.0 Å². The fourth-order valence-corrected chi connectivity index (χ4v) is 6.90. The minimum Gasteiger partial charge on any atom is -0.496 e. The lowest BCUT2D eigenvalue weighted by Crippen LogP contribution is -2.40. The Hall–Kier alpha value is -5.01. The van der Waals surface area contributed by atoms with Crippen molar-refractivity contribution in [2.24, 2.45) is 4.99 Å². The summed E-state index contributed by atoms with van der Waals surface area (Å²) in [5.74, 6) is -7.83. The van der Waals surface area contributed by atoms with Crippen LogP contribution in [0.4, 0.5) is 23.2 Å². The molecule has 1 amide bonds. The van der Waals surface area contributed by atoms with Crippen LogP contribution in [-0.4, -0.2) is 17.6 Å². The number of halogens is 4. The van der Waals surface area contributed by atoms with Crippen molar-refractivity contribution in [3.05, 3.63) is 142 Å². The number of thiazole rings is 1. The van der Waals surface area contributed by atoms with Gasteiger partial charge in [0.15, 0.2) is 22.2 Å². The molecule has 1 aliphatic rings. The summed E-state index contributed by atoms with van der Waals surface area (Å²) < 4.78 is 68.0. The number of allylic oxidation sites excluding steroid dienone is 1. The number of nitrogens with zero attached hydrogens (tertiary/aromatic N) is 2. The van der Waals surface area contributed by atoms with E-state index >= 15 is 0 Å². The van der Waals surface area contributed by atoms with Gasteiger partial charge in [0.05, 0.1) is 22.9 Å². The molecule has 2 aromatic heterocycles. The first kappa shape index (κ1) is 31.0. The molecule has 0 spiro atoms. The first-order chi connectivity index (χ1) is 22.2. The van der Waals surface area contributed by atoms with Crippen molar-refractivity contribution in [3.63, 3.8) is 0 Å². The van der Waals surface area contributed by atoms with Gasteiger partial charge in [0.2, 0.25) is 11.6 Å². The fourth-order valence-electron chi connectivity index (χ4n) is 5.03. The summed E-state index contributed by atoms with van der Waals surface area (Å²) in [4.78, 5) is 33.3. The van der Waals surface area contributed by atoms with Gasteiger partial charge in [0.25, 0.3) is 11.5 Å². The average molecular weight is 666 g/mol. The van der Waals surface area contributed by atoms with Crippen LogP contribution in [0, 0.1) is 23.3 Å². The molecule has 0 fully saturated rings. The topological polar surface area (TPSA) is 81.9 Å². The number of anilines is 1. The summed E-state index contributed by atoms with van der Waals surface area (Å²) in [5, 5.41) is 4.77. The van der Waals surface area contributed by atoms with Gasteiger partial charge in [-0.15, -0.1) is 11.3 Å². The van der Waals surface area contributed by atoms with E-state index in [1.807, 2.05) is 23.6 Å². The zero-order valence-corrected chi connectivity index (χ0v) is 25.8. The van der Waals surface area contributed by atoms with Crippen molar-refractivity contribution >= 4 is 40.3 Å². The van der Waals surface area contributed by atoms with E-state index in [0.29, 0.717) is 37.4 Å². The molecule has 1 N–H and O–H groups in total. The Labute approximate surface area is 267 Å². The molecule has 0 saturated carbocycles. The summed E-state index contributed by atoms with van der Waals surface area (Å²) in [6, 6.07) is 16.8. The largest absolute Gasteiger partial charge is 0.496 e. The minimum atomic E-state index is -1.66. The number of aromatic nitrogens is 1. The van der Waals surface area contributed by atoms with Gasteiger partial charge in [0.1, 0.15) is 18.4 Å². The van der Waals surface area contributed by atoms with Gasteiger partial charge < -0.3 is 14.8 Å². The molecule has 6 rings (SSSR count). The van der Waals surface area contributed by atoms with Crippen LogP contribution in [0.5, 0.6) is 11.5 Å². The Bertz CT molecular complexity index is 2150. The maximum Gasteiger partial charge on any atom is 0.271 e. The zero-order chi connectivity index (χ0) is 32.5. The van der Waals surface area contributed by atoms with Crippen molar-refractivity contribution in [1.82, 2.24) is 4.57 Å². The van der Waals surface area contributed by atoms with Crippen LogP contribution in [0.3, 0.4) is 0 Å². The van der Waals surface area contributed by atoms with E-state index < -0.39 is 41.7 Å². The number of rotatable bonds is 8. The van der Waals surface area contributed by atoms with E-state index in [9.17, 15) is 27.2 Å². The summed E-state index contributed by atoms with van der Waals surface area (Å²) in [6.07, 6.45) is 1.60.